The van der Waals surface area contributed by atoms with Crippen molar-refractivity contribution in [2.45, 2.75) is 65.7 Å². The van der Waals surface area contributed by atoms with Crippen LogP contribution in [-0.4, -0.2) is 12.9 Å². The predicted molar refractivity (Wildman–Crippen MR) is 91.8 cm³/mol. The number of allylic oxidation sites excluding steroid dienone is 4. The van der Waals surface area contributed by atoms with Gasteiger partial charge in [0.15, 0.2) is 0 Å². The summed E-state index contributed by atoms with van der Waals surface area (Å²) in [5.41, 5.74) is 3.38. The average molecular weight is 314 g/mol. The van der Waals surface area contributed by atoms with Gasteiger partial charge in [0.25, 0.3) is 0 Å². The van der Waals surface area contributed by atoms with E-state index < -0.39 is 0 Å². The molecule has 0 aliphatic heterocycles. The van der Waals surface area contributed by atoms with E-state index in [-0.39, 0.29) is 5.41 Å². The maximum atomic E-state index is 12.5. The van der Waals surface area contributed by atoms with Gasteiger partial charge < -0.3 is 4.74 Å². The van der Waals surface area contributed by atoms with Gasteiger partial charge in [-0.2, -0.15) is 0 Å². The highest BCUT2D eigenvalue weighted by molar-refractivity contribution is 5.87. The van der Waals surface area contributed by atoms with Gasteiger partial charge in [0.1, 0.15) is 5.78 Å². The van der Waals surface area contributed by atoms with Crippen LogP contribution in [0.4, 0.5) is 0 Å². The van der Waals surface area contributed by atoms with E-state index in [9.17, 15) is 4.79 Å². The SMILES string of the molecule is COC1=CC2=C(C)C[C@@H]3[C@H](CC[C@]4(C)C(=O)CC[C@@H]34)[C@@]2(C)CC1. The van der Waals surface area contributed by atoms with Crippen molar-refractivity contribution in [1.82, 2.24) is 0 Å². The van der Waals surface area contributed by atoms with Gasteiger partial charge in [-0.15, -0.1) is 0 Å². The minimum Gasteiger partial charge on any atom is -0.501 e. The van der Waals surface area contributed by atoms with E-state index in [0.29, 0.717) is 23.0 Å². The fourth-order valence-corrected chi connectivity index (χ4v) is 6.67. The van der Waals surface area contributed by atoms with Crippen LogP contribution in [0.5, 0.6) is 0 Å². The molecule has 0 amide bonds. The lowest BCUT2D eigenvalue weighted by Crippen LogP contribution is -2.50. The smallest absolute Gasteiger partial charge is 0.139 e. The highest BCUT2D eigenvalue weighted by atomic mass is 16.5. The van der Waals surface area contributed by atoms with Crippen LogP contribution in [-0.2, 0) is 9.53 Å². The third kappa shape index (κ3) is 1.96. The van der Waals surface area contributed by atoms with Crippen molar-refractivity contribution in [3.8, 4) is 0 Å². The van der Waals surface area contributed by atoms with Gasteiger partial charge in [-0.3, -0.25) is 4.79 Å². The van der Waals surface area contributed by atoms with E-state index in [4.69, 9.17) is 4.74 Å². The molecule has 0 aromatic rings. The van der Waals surface area contributed by atoms with Crippen LogP contribution in [0.3, 0.4) is 0 Å². The number of carbonyl (C=O) groups is 1. The molecule has 5 atom stereocenters. The number of carbonyl (C=O) groups excluding carboxylic acids is 1. The Morgan fingerprint density at radius 2 is 1.83 bits per heavy atom. The Bertz CT molecular complexity index is 613. The molecule has 2 saturated carbocycles. The fraction of sp³-hybridized carbons (Fsp3) is 0.762. The van der Waals surface area contributed by atoms with Crippen LogP contribution in [0.15, 0.2) is 23.0 Å². The lowest BCUT2D eigenvalue weighted by molar-refractivity contribution is -0.131. The van der Waals surface area contributed by atoms with Crippen molar-refractivity contribution in [3.05, 3.63) is 23.0 Å². The highest BCUT2D eigenvalue weighted by Crippen LogP contribution is 2.64. The van der Waals surface area contributed by atoms with Crippen LogP contribution in [0.1, 0.15) is 65.7 Å². The maximum absolute atomic E-state index is 12.5. The normalized spacial score (nSPS) is 46.0. The Morgan fingerprint density at radius 3 is 2.57 bits per heavy atom. The van der Waals surface area contributed by atoms with Crippen LogP contribution >= 0.6 is 0 Å². The third-order valence-corrected chi connectivity index (χ3v) is 8.04. The Balaban J connectivity index is 1.76. The Kier molecular flexibility index (Phi) is 3.35. The van der Waals surface area contributed by atoms with Crippen LogP contribution in [0.25, 0.3) is 0 Å². The molecule has 23 heavy (non-hydrogen) atoms. The van der Waals surface area contributed by atoms with Crippen molar-refractivity contribution in [2.24, 2.45) is 28.6 Å². The summed E-state index contributed by atoms with van der Waals surface area (Å²) in [7, 11) is 1.80. The number of hydrogen-bond acceptors (Lipinski definition) is 2. The summed E-state index contributed by atoms with van der Waals surface area (Å²) < 4.78 is 5.55. The van der Waals surface area contributed by atoms with Gasteiger partial charge in [-0.25, -0.2) is 0 Å². The molecule has 0 heterocycles. The molecule has 126 valence electrons. The van der Waals surface area contributed by atoms with Crippen molar-refractivity contribution in [3.63, 3.8) is 0 Å². The summed E-state index contributed by atoms with van der Waals surface area (Å²) in [6, 6.07) is 0. The molecule has 0 N–H and O–H groups in total. The van der Waals surface area contributed by atoms with E-state index in [2.05, 4.69) is 26.8 Å². The number of ether oxygens (including phenoxy) is 1. The molecule has 2 nitrogen and oxygen atoms in total. The second-order valence-electron chi connectivity index (χ2n) is 8.93. The molecule has 0 aromatic carbocycles. The van der Waals surface area contributed by atoms with E-state index in [1.54, 1.807) is 18.3 Å². The first-order valence-electron chi connectivity index (χ1n) is 9.38. The third-order valence-electron chi connectivity index (χ3n) is 8.04. The number of ketones is 1. The molecule has 0 saturated heterocycles. The molecule has 4 aliphatic carbocycles. The van der Waals surface area contributed by atoms with Crippen molar-refractivity contribution < 1.29 is 9.53 Å². The number of hydrogen-bond donors (Lipinski definition) is 0. The molecule has 4 aliphatic rings. The minimum atomic E-state index is -0.0164. The lowest BCUT2D eigenvalue weighted by Gasteiger charge is -2.56. The Morgan fingerprint density at radius 1 is 1.09 bits per heavy atom. The second kappa shape index (κ2) is 4.97. The molecular formula is C21H30O2. The summed E-state index contributed by atoms with van der Waals surface area (Å²) in [5, 5.41) is 0. The monoisotopic (exact) mass is 314 g/mol. The largest absolute Gasteiger partial charge is 0.501 e. The summed E-state index contributed by atoms with van der Waals surface area (Å²) >= 11 is 0. The van der Waals surface area contributed by atoms with Crippen molar-refractivity contribution >= 4 is 5.78 Å². The second-order valence-corrected chi connectivity index (χ2v) is 8.93. The van der Waals surface area contributed by atoms with Gasteiger partial charge >= 0.3 is 0 Å². The number of fused-ring (bicyclic) bond motifs is 5. The van der Waals surface area contributed by atoms with Gasteiger partial charge in [0.2, 0.25) is 0 Å². The zero-order valence-corrected chi connectivity index (χ0v) is 15.1. The predicted octanol–water partition coefficient (Wildman–Crippen LogP) is 5.05. The summed E-state index contributed by atoms with van der Waals surface area (Å²) in [5.74, 6) is 3.77. The standard InChI is InChI=1S/C21H30O2/c1-13-11-15-16-5-6-19(22)21(16,3)10-8-17(15)20(2)9-7-14(23-4)12-18(13)20/h12,15-17H,5-11H2,1-4H3/t15-,16-,17-,20+,21-/m0/s1. The average Bonchev–Trinajstić information content (AvgIpc) is 2.83. The van der Waals surface area contributed by atoms with Crippen LogP contribution in [0, 0.1) is 28.6 Å². The van der Waals surface area contributed by atoms with Gasteiger partial charge in [0.05, 0.1) is 12.9 Å². The van der Waals surface area contributed by atoms with Crippen molar-refractivity contribution in [1.29, 1.82) is 0 Å². The number of methoxy groups -OCH3 is 1. The molecule has 0 spiro atoms. The molecular weight excluding hydrogens is 284 g/mol. The molecule has 0 radical (unpaired) electrons. The minimum absolute atomic E-state index is 0.0164. The maximum Gasteiger partial charge on any atom is 0.139 e. The van der Waals surface area contributed by atoms with Gasteiger partial charge in [0, 0.05) is 18.3 Å². The Hall–Kier alpha value is -1.05. The molecule has 0 unspecified atom stereocenters. The van der Waals surface area contributed by atoms with Gasteiger partial charge in [-0.1, -0.05) is 19.4 Å². The quantitative estimate of drug-likeness (QED) is 0.677. The number of rotatable bonds is 1. The summed E-state index contributed by atoms with van der Waals surface area (Å²) in [4.78, 5) is 12.5. The van der Waals surface area contributed by atoms with Crippen LogP contribution in [0.2, 0.25) is 0 Å². The highest BCUT2D eigenvalue weighted by Gasteiger charge is 2.58. The van der Waals surface area contributed by atoms with Gasteiger partial charge in [-0.05, 0) is 73.8 Å². The van der Waals surface area contributed by atoms with Crippen molar-refractivity contribution in [2.75, 3.05) is 7.11 Å². The summed E-state index contributed by atoms with van der Waals surface area (Å²) in [6.45, 7) is 7.08. The molecule has 0 aromatic heterocycles. The van der Waals surface area contributed by atoms with Crippen LogP contribution < -0.4 is 0 Å². The first-order chi connectivity index (χ1) is 10.9. The van der Waals surface area contributed by atoms with E-state index in [0.717, 1.165) is 37.4 Å². The lowest BCUT2D eigenvalue weighted by atomic mass is 9.48. The van der Waals surface area contributed by atoms with E-state index >= 15 is 0 Å². The van der Waals surface area contributed by atoms with E-state index in [1.165, 1.54) is 19.3 Å². The first-order valence-corrected chi connectivity index (χ1v) is 9.38. The molecule has 2 heteroatoms. The molecule has 0 bridgehead atoms. The zero-order valence-electron chi connectivity index (χ0n) is 15.1. The zero-order chi connectivity index (χ0) is 16.4. The topological polar surface area (TPSA) is 26.3 Å². The fourth-order valence-electron chi connectivity index (χ4n) is 6.67. The molecule has 2 fully saturated rings. The first kappa shape index (κ1) is 15.5. The number of Topliss-reactive ketones (excluding diaryl/α,β-unsaturated/α-hetero) is 1. The Labute approximate surface area is 140 Å². The summed E-state index contributed by atoms with van der Waals surface area (Å²) in [6.07, 6.45) is 10.1. The van der Waals surface area contributed by atoms with E-state index in [1.807, 2.05) is 0 Å². The molecule has 4 rings (SSSR count).